The lowest BCUT2D eigenvalue weighted by Crippen LogP contribution is -2.05. The van der Waals surface area contributed by atoms with Crippen molar-refractivity contribution in [3.63, 3.8) is 0 Å². The van der Waals surface area contributed by atoms with Gasteiger partial charge in [0.2, 0.25) is 0 Å². The van der Waals surface area contributed by atoms with Crippen LogP contribution in [0.1, 0.15) is 15.9 Å². The number of nitriles is 1. The Bertz CT molecular complexity index is 660. The highest BCUT2D eigenvalue weighted by atomic mass is 19.1. The molecule has 0 unspecified atom stereocenters. The predicted octanol–water partition coefficient (Wildman–Crippen LogP) is 3.14. The highest BCUT2D eigenvalue weighted by Gasteiger charge is 2.15. The van der Waals surface area contributed by atoms with Crippen molar-refractivity contribution in [1.29, 1.82) is 5.26 Å². The molecule has 0 fully saturated rings. The van der Waals surface area contributed by atoms with Crippen LogP contribution < -0.4 is 5.32 Å². The van der Waals surface area contributed by atoms with E-state index in [0.717, 1.165) is 6.07 Å². The number of hydrogen-bond donors (Lipinski definition) is 2. The average molecular weight is 256 g/mol. The molecule has 0 radical (unpaired) electrons. The minimum Gasteiger partial charge on any atom is -0.478 e. The van der Waals surface area contributed by atoms with Gasteiger partial charge in [0, 0.05) is 5.69 Å². The van der Waals surface area contributed by atoms with Crippen LogP contribution in [0.5, 0.6) is 0 Å². The third kappa shape index (κ3) is 2.69. The van der Waals surface area contributed by atoms with Crippen LogP contribution in [0.15, 0.2) is 42.5 Å². The zero-order valence-corrected chi connectivity index (χ0v) is 9.72. The van der Waals surface area contributed by atoms with Gasteiger partial charge in [0.05, 0.1) is 17.3 Å². The molecule has 0 saturated carbocycles. The highest BCUT2D eigenvalue weighted by Crippen LogP contribution is 2.23. The topological polar surface area (TPSA) is 73.1 Å². The molecular weight excluding hydrogens is 247 g/mol. The van der Waals surface area contributed by atoms with Crippen LogP contribution >= 0.6 is 0 Å². The van der Waals surface area contributed by atoms with Gasteiger partial charge in [-0.3, -0.25) is 0 Å². The van der Waals surface area contributed by atoms with E-state index in [9.17, 15) is 9.18 Å². The third-order valence-electron chi connectivity index (χ3n) is 2.52. The summed E-state index contributed by atoms with van der Waals surface area (Å²) in [5.41, 5.74) is 0.819. The van der Waals surface area contributed by atoms with E-state index in [2.05, 4.69) is 5.32 Å². The van der Waals surface area contributed by atoms with Crippen LogP contribution in [0.4, 0.5) is 15.8 Å². The molecule has 0 bridgehead atoms. The number of hydrogen-bond acceptors (Lipinski definition) is 3. The summed E-state index contributed by atoms with van der Waals surface area (Å²) in [6.07, 6.45) is 0. The van der Waals surface area contributed by atoms with E-state index in [0.29, 0.717) is 11.3 Å². The summed E-state index contributed by atoms with van der Waals surface area (Å²) < 4.78 is 13.5. The molecule has 19 heavy (non-hydrogen) atoms. The SMILES string of the molecule is N#Cc1ccc(Nc2cccc(F)c2C(=O)O)cc1. The summed E-state index contributed by atoms with van der Waals surface area (Å²) in [6.45, 7) is 0. The number of rotatable bonds is 3. The molecular formula is C14H9FN2O2. The summed E-state index contributed by atoms with van der Waals surface area (Å²) in [7, 11) is 0. The summed E-state index contributed by atoms with van der Waals surface area (Å²) in [4.78, 5) is 11.0. The van der Waals surface area contributed by atoms with E-state index in [1.165, 1.54) is 12.1 Å². The Morgan fingerprint density at radius 1 is 1.21 bits per heavy atom. The lowest BCUT2D eigenvalue weighted by Gasteiger charge is -2.10. The van der Waals surface area contributed by atoms with E-state index in [4.69, 9.17) is 10.4 Å². The third-order valence-corrected chi connectivity index (χ3v) is 2.52. The van der Waals surface area contributed by atoms with Crippen molar-refractivity contribution in [2.45, 2.75) is 0 Å². The zero-order valence-electron chi connectivity index (χ0n) is 9.72. The molecule has 0 saturated heterocycles. The fourth-order valence-electron chi connectivity index (χ4n) is 1.63. The van der Waals surface area contributed by atoms with Gasteiger partial charge in [-0.15, -0.1) is 0 Å². The van der Waals surface area contributed by atoms with E-state index in [1.807, 2.05) is 6.07 Å². The molecule has 0 heterocycles. The first-order valence-corrected chi connectivity index (χ1v) is 5.41. The molecule has 2 N–H and O–H groups in total. The Hall–Kier alpha value is -2.87. The van der Waals surface area contributed by atoms with Crippen molar-refractivity contribution in [1.82, 2.24) is 0 Å². The Morgan fingerprint density at radius 3 is 2.47 bits per heavy atom. The maximum Gasteiger partial charge on any atom is 0.340 e. The van der Waals surface area contributed by atoms with Gasteiger partial charge in [0.15, 0.2) is 0 Å². The second-order valence-electron chi connectivity index (χ2n) is 3.78. The standard InChI is InChI=1S/C14H9FN2O2/c15-11-2-1-3-12(13(11)14(18)19)17-10-6-4-9(8-16)5-7-10/h1-7,17H,(H,18,19). The number of carboxylic acids is 1. The van der Waals surface area contributed by atoms with Gasteiger partial charge >= 0.3 is 5.97 Å². The summed E-state index contributed by atoms with van der Waals surface area (Å²) in [5.74, 6) is -2.14. The van der Waals surface area contributed by atoms with Crippen LogP contribution in [0, 0.1) is 17.1 Å². The lowest BCUT2D eigenvalue weighted by atomic mass is 10.1. The highest BCUT2D eigenvalue weighted by molar-refractivity contribution is 5.95. The minimum absolute atomic E-state index is 0.164. The van der Waals surface area contributed by atoms with E-state index >= 15 is 0 Å². The van der Waals surface area contributed by atoms with E-state index in [-0.39, 0.29) is 5.69 Å². The molecule has 94 valence electrons. The predicted molar refractivity (Wildman–Crippen MR) is 67.8 cm³/mol. The maximum atomic E-state index is 13.5. The van der Waals surface area contributed by atoms with Gasteiger partial charge < -0.3 is 10.4 Å². The van der Waals surface area contributed by atoms with Crippen LogP contribution in [0.3, 0.4) is 0 Å². The van der Waals surface area contributed by atoms with Crippen LogP contribution in [0.2, 0.25) is 0 Å². The van der Waals surface area contributed by atoms with Crippen molar-refractivity contribution in [2.75, 3.05) is 5.32 Å². The minimum atomic E-state index is -1.34. The summed E-state index contributed by atoms with van der Waals surface area (Å²) >= 11 is 0. The van der Waals surface area contributed by atoms with Gasteiger partial charge in [0.25, 0.3) is 0 Å². The molecule has 0 aliphatic rings. The van der Waals surface area contributed by atoms with Crippen LogP contribution in [-0.2, 0) is 0 Å². The fourth-order valence-corrected chi connectivity index (χ4v) is 1.63. The second kappa shape index (κ2) is 5.19. The number of anilines is 2. The number of carboxylic acid groups (broad SMARTS) is 1. The van der Waals surface area contributed by atoms with Gasteiger partial charge in [-0.1, -0.05) is 6.07 Å². The zero-order chi connectivity index (χ0) is 13.8. The van der Waals surface area contributed by atoms with Crippen molar-refractivity contribution in [2.24, 2.45) is 0 Å². The Morgan fingerprint density at radius 2 is 1.89 bits per heavy atom. The first-order chi connectivity index (χ1) is 9.11. The van der Waals surface area contributed by atoms with Crippen LogP contribution in [0.25, 0.3) is 0 Å². The molecule has 0 aromatic heterocycles. The Kier molecular flexibility index (Phi) is 3.44. The average Bonchev–Trinajstić information content (AvgIpc) is 2.39. The van der Waals surface area contributed by atoms with E-state index < -0.39 is 17.3 Å². The van der Waals surface area contributed by atoms with Gasteiger partial charge in [-0.25, -0.2) is 9.18 Å². The monoisotopic (exact) mass is 256 g/mol. The van der Waals surface area contributed by atoms with E-state index in [1.54, 1.807) is 24.3 Å². The first-order valence-electron chi connectivity index (χ1n) is 5.41. The number of nitrogens with one attached hydrogen (secondary N) is 1. The van der Waals surface area contributed by atoms with Crippen molar-refractivity contribution < 1.29 is 14.3 Å². The molecule has 2 aromatic carbocycles. The smallest absolute Gasteiger partial charge is 0.340 e. The number of halogens is 1. The Labute approximate surface area is 108 Å². The van der Waals surface area contributed by atoms with Gasteiger partial charge in [-0.2, -0.15) is 5.26 Å². The van der Waals surface area contributed by atoms with Crippen molar-refractivity contribution in [3.8, 4) is 6.07 Å². The van der Waals surface area contributed by atoms with Crippen molar-refractivity contribution >= 4 is 17.3 Å². The lowest BCUT2D eigenvalue weighted by molar-refractivity contribution is 0.0693. The van der Waals surface area contributed by atoms with Crippen LogP contribution in [-0.4, -0.2) is 11.1 Å². The largest absolute Gasteiger partial charge is 0.478 e. The molecule has 0 atom stereocenters. The number of nitrogens with zero attached hydrogens (tertiary/aromatic N) is 1. The van der Waals surface area contributed by atoms with Gasteiger partial charge in [-0.05, 0) is 36.4 Å². The second-order valence-corrected chi connectivity index (χ2v) is 3.78. The molecule has 2 rings (SSSR count). The summed E-state index contributed by atoms with van der Waals surface area (Å²) in [5, 5.41) is 20.5. The molecule has 5 heteroatoms. The Balaban J connectivity index is 2.35. The molecule has 0 aliphatic heterocycles. The molecule has 0 aliphatic carbocycles. The van der Waals surface area contributed by atoms with Crippen molar-refractivity contribution in [3.05, 3.63) is 59.4 Å². The number of carbonyl (C=O) groups is 1. The number of benzene rings is 2. The molecule has 0 spiro atoms. The maximum absolute atomic E-state index is 13.5. The normalized spacial score (nSPS) is 9.68. The molecule has 2 aromatic rings. The fraction of sp³-hybridized carbons (Fsp3) is 0. The number of aromatic carboxylic acids is 1. The quantitative estimate of drug-likeness (QED) is 0.884. The summed E-state index contributed by atoms with van der Waals surface area (Å²) in [6, 6.07) is 12.4. The molecule has 4 nitrogen and oxygen atoms in total. The first kappa shape index (κ1) is 12.6. The molecule has 0 amide bonds. The van der Waals surface area contributed by atoms with Gasteiger partial charge in [0.1, 0.15) is 11.4 Å².